The number of hydrogen-bond acceptors (Lipinski definition) is 4. The molecule has 5 heteroatoms. The highest BCUT2D eigenvalue weighted by molar-refractivity contribution is 7.18. The molecule has 0 N–H and O–H groups in total. The quantitative estimate of drug-likeness (QED) is 0.710. The first-order chi connectivity index (χ1) is 12.3. The highest BCUT2D eigenvalue weighted by atomic mass is 32.1. The summed E-state index contributed by atoms with van der Waals surface area (Å²) in [5, 5.41) is 1.14. The first kappa shape index (κ1) is 16.1. The number of carbonyl (C=O) groups excluding carboxylic acids is 1. The van der Waals surface area contributed by atoms with Crippen LogP contribution in [0, 0.1) is 0 Å². The van der Waals surface area contributed by atoms with Gasteiger partial charge >= 0.3 is 0 Å². The Labute approximate surface area is 151 Å². The number of para-hydroxylation sites is 2. The van der Waals surface area contributed by atoms with Crippen molar-refractivity contribution >= 4 is 27.5 Å². The summed E-state index contributed by atoms with van der Waals surface area (Å²) < 4.78 is 6.82. The third-order valence-corrected chi connectivity index (χ3v) is 5.74. The van der Waals surface area contributed by atoms with Crippen LogP contribution in [0.15, 0.2) is 54.6 Å². The summed E-state index contributed by atoms with van der Waals surface area (Å²) in [5.41, 5.74) is 1.05. The first-order valence-corrected chi connectivity index (χ1v) is 9.42. The Hall–Kier alpha value is -2.40. The molecule has 0 aliphatic carbocycles. The maximum atomic E-state index is 12.5. The van der Waals surface area contributed by atoms with Gasteiger partial charge in [0.15, 0.2) is 6.61 Å². The van der Waals surface area contributed by atoms with E-state index in [0.717, 1.165) is 42.2 Å². The van der Waals surface area contributed by atoms with Crippen molar-refractivity contribution in [1.29, 1.82) is 0 Å². The van der Waals surface area contributed by atoms with Crippen molar-refractivity contribution in [3.63, 3.8) is 0 Å². The molecule has 2 aromatic carbocycles. The van der Waals surface area contributed by atoms with E-state index in [1.165, 1.54) is 4.70 Å². The second-order valence-electron chi connectivity index (χ2n) is 6.30. The van der Waals surface area contributed by atoms with Crippen molar-refractivity contribution in [3.05, 3.63) is 59.6 Å². The van der Waals surface area contributed by atoms with Gasteiger partial charge in [-0.3, -0.25) is 4.79 Å². The van der Waals surface area contributed by atoms with Crippen LogP contribution in [0.2, 0.25) is 0 Å². The molecule has 1 atom stereocenters. The number of aromatic nitrogens is 1. The summed E-state index contributed by atoms with van der Waals surface area (Å²) in [6.07, 6.45) is 2.10. The zero-order valence-corrected chi connectivity index (χ0v) is 14.7. The fourth-order valence-corrected chi connectivity index (χ4v) is 4.32. The van der Waals surface area contributed by atoms with Gasteiger partial charge in [0, 0.05) is 19.0 Å². The van der Waals surface area contributed by atoms with E-state index in [1.54, 1.807) is 11.3 Å². The average molecular weight is 352 g/mol. The number of fused-ring (bicyclic) bond motifs is 1. The van der Waals surface area contributed by atoms with Crippen molar-refractivity contribution in [3.8, 4) is 5.75 Å². The molecule has 4 rings (SSSR count). The monoisotopic (exact) mass is 352 g/mol. The normalized spacial score (nSPS) is 17.6. The third kappa shape index (κ3) is 3.66. The van der Waals surface area contributed by atoms with Crippen LogP contribution in [-0.4, -0.2) is 35.5 Å². The molecule has 0 bridgehead atoms. The third-order valence-electron chi connectivity index (χ3n) is 4.54. The van der Waals surface area contributed by atoms with Gasteiger partial charge in [-0.15, -0.1) is 11.3 Å². The van der Waals surface area contributed by atoms with Crippen LogP contribution >= 0.6 is 11.3 Å². The number of piperidine rings is 1. The van der Waals surface area contributed by atoms with Crippen molar-refractivity contribution in [2.75, 3.05) is 19.7 Å². The molecule has 1 fully saturated rings. The molecule has 0 radical (unpaired) electrons. The molecule has 25 heavy (non-hydrogen) atoms. The topological polar surface area (TPSA) is 42.4 Å². The Balaban J connectivity index is 1.41. The molecule has 128 valence electrons. The molecule has 1 amide bonds. The van der Waals surface area contributed by atoms with Crippen LogP contribution in [0.1, 0.15) is 23.8 Å². The number of nitrogens with zero attached hydrogens (tertiary/aromatic N) is 2. The van der Waals surface area contributed by atoms with Crippen molar-refractivity contribution in [2.45, 2.75) is 18.8 Å². The summed E-state index contributed by atoms with van der Waals surface area (Å²) in [6, 6.07) is 17.7. The molecular formula is C20H20N2O2S. The number of thiazole rings is 1. The molecular weight excluding hydrogens is 332 g/mol. The zero-order chi connectivity index (χ0) is 17.1. The van der Waals surface area contributed by atoms with E-state index in [2.05, 4.69) is 12.1 Å². The van der Waals surface area contributed by atoms with Gasteiger partial charge in [0.25, 0.3) is 5.91 Å². The van der Waals surface area contributed by atoms with Crippen LogP contribution in [0.4, 0.5) is 0 Å². The standard InChI is InChI=1S/C20H20N2O2S/c23-19(14-24-16-8-2-1-3-9-16)22-12-6-7-15(13-22)20-21-17-10-4-5-11-18(17)25-20/h1-5,8-11,15H,6-7,12-14H2/t15-/m0/s1. The summed E-state index contributed by atoms with van der Waals surface area (Å²) in [4.78, 5) is 19.2. The zero-order valence-electron chi connectivity index (χ0n) is 13.9. The van der Waals surface area contributed by atoms with Crippen molar-refractivity contribution in [1.82, 2.24) is 9.88 Å². The second-order valence-corrected chi connectivity index (χ2v) is 7.36. The molecule has 0 spiro atoms. The van der Waals surface area contributed by atoms with E-state index in [9.17, 15) is 4.79 Å². The summed E-state index contributed by atoms with van der Waals surface area (Å²) >= 11 is 1.75. The number of rotatable bonds is 4. The van der Waals surface area contributed by atoms with Gasteiger partial charge in [0.2, 0.25) is 0 Å². The Morgan fingerprint density at radius 2 is 1.96 bits per heavy atom. The lowest BCUT2D eigenvalue weighted by Gasteiger charge is -2.31. The predicted octanol–water partition coefficient (Wildman–Crippen LogP) is 4.08. The van der Waals surface area contributed by atoms with Gasteiger partial charge in [-0.1, -0.05) is 30.3 Å². The highest BCUT2D eigenvalue weighted by Gasteiger charge is 2.27. The molecule has 1 aromatic heterocycles. The summed E-state index contributed by atoms with van der Waals surface area (Å²) in [6.45, 7) is 1.63. The maximum Gasteiger partial charge on any atom is 0.260 e. The lowest BCUT2D eigenvalue weighted by Crippen LogP contribution is -2.41. The van der Waals surface area contributed by atoms with Gasteiger partial charge in [-0.05, 0) is 37.1 Å². The molecule has 4 nitrogen and oxygen atoms in total. The van der Waals surface area contributed by atoms with Gasteiger partial charge in [0.1, 0.15) is 5.75 Å². The molecule has 1 saturated heterocycles. The predicted molar refractivity (Wildman–Crippen MR) is 100 cm³/mol. The molecule has 1 aliphatic heterocycles. The van der Waals surface area contributed by atoms with E-state index in [4.69, 9.17) is 9.72 Å². The number of amides is 1. The van der Waals surface area contributed by atoms with E-state index in [1.807, 2.05) is 47.4 Å². The van der Waals surface area contributed by atoms with Gasteiger partial charge in [0.05, 0.1) is 15.2 Å². The highest BCUT2D eigenvalue weighted by Crippen LogP contribution is 2.32. The minimum absolute atomic E-state index is 0.0506. The van der Waals surface area contributed by atoms with E-state index in [0.29, 0.717) is 5.92 Å². The Morgan fingerprint density at radius 1 is 1.16 bits per heavy atom. The Bertz CT molecular complexity index is 829. The molecule has 0 saturated carbocycles. The largest absolute Gasteiger partial charge is 0.484 e. The smallest absolute Gasteiger partial charge is 0.260 e. The maximum absolute atomic E-state index is 12.5. The number of carbonyl (C=O) groups is 1. The van der Waals surface area contributed by atoms with Gasteiger partial charge < -0.3 is 9.64 Å². The molecule has 2 heterocycles. The second kappa shape index (κ2) is 7.23. The van der Waals surface area contributed by atoms with Crippen LogP contribution in [0.5, 0.6) is 5.75 Å². The van der Waals surface area contributed by atoms with E-state index in [-0.39, 0.29) is 12.5 Å². The average Bonchev–Trinajstić information content (AvgIpc) is 3.11. The lowest BCUT2D eigenvalue weighted by molar-refractivity contribution is -0.134. The molecule has 3 aromatic rings. The minimum Gasteiger partial charge on any atom is -0.484 e. The van der Waals surface area contributed by atoms with Crippen LogP contribution < -0.4 is 4.74 Å². The van der Waals surface area contributed by atoms with E-state index < -0.39 is 0 Å². The summed E-state index contributed by atoms with van der Waals surface area (Å²) in [7, 11) is 0. The van der Waals surface area contributed by atoms with Gasteiger partial charge in [-0.2, -0.15) is 0 Å². The fourth-order valence-electron chi connectivity index (χ4n) is 3.22. The number of ether oxygens (including phenoxy) is 1. The van der Waals surface area contributed by atoms with Gasteiger partial charge in [-0.25, -0.2) is 4.98 Å². The van der Waals surface area contributed by atoms with E-state index >= 15 is 0 Å². The Kier molecular flexibility index (Phi) is 4.65. The van der Waals surface area contributed by atoms with Crippen LogP contribution in [0.25, 0.3) is 10.2 Å². The fraction of sp³-hybridized carbons (Fsp3) is 0.300. The first-order valence-electron chi connectivity index (χ1n) is 8.61. The van der Waals surface area contributed by atoms with Crippen molar-refractivity contribution < 1.29 is 9.53 Å². The number of hydrogen-bond donors (Lipinski definition) is 0. The molecule has 1 aliphatic rings. The van der Waals surface area contributed by atoms with Crippen LogP contribution in [0.3, 0.4) is 0 Å². The SMILES string of the molecule is O=C(COc1ccccc1)N1CCC[C@H](c2nc3ccccc3s2)C1. The Morgan fingerprint density at radius 3 is 2.80 bits per heavy atom. The number of likely N-dealkylation sites (tertiary alicyclic amines) is 1. The summed E-state index contributed by atoms with van der Waals surface area (Å²) in [5.74, 6) is 1.11. The molecule has 0 unspecified atom stereocenters. The minimum atomic E-state index is 0.0506. The lowest BCUT2D eigenvalue weighted by atomic mass is 9.99. The van der Waals surface area contributed by atoms with Crippen LogP contribution in [-0.2, 0) is 4.79 Å². The number of benzene rings is 2. The van der Waals surface area contributed by atoms with Crippen molar-refractivity contribution in [2.24, 2.45) is 0 Å².